The minimum absolute atomic E-state index is 0.0255. The van der Waals surface area contributed by atoms with Crippen LogP contribution in [-0.2, 0) is 5.75 Å². The molecule has 1 aliphatic heterocycles. The normalized spacial score (nSPS) is 16.4. The molecule has 6 heteroatoms. The number of aryl methyl sites for hydroxylation is 1. The topological polar surface area (TPSA) is 58.1 Å². The Labute approximate surface area is 171 Å². The molecule has 0 unspecified atom stereocenters. The molecular formula is C22H28N4OS. The molecular weight excluding hydrogens is 368 g/mol. The summed E-state index contributed by atoms with van der Waals surface area (Å²) in [7, 11) is 0. The van der Waals surface area contributed by atoms with E-state index in [0.717, 1.165) is 53.2 Å². The van der Waals surface area contributed by atoms with Crippen molar-refractivity contribution in [3.63, 3.8) is 0 Å². The van der Waals surface area contributed by atoms with Gasteiger partial charge in [0.1, 0.15) is 5.82 Å². The fourth-order valence-electron chi connectivity index (χ4n) is 3.50. The van der Waals surface area contributed by atoms with Gasteiger partial charge in [0.15, 0.2) is 5.16 Å². The molecule has 1 aromatic carbocycles. The van der Waals surface area contributed by atoms with Gasteiger partial charge in [-0.25, -0.2) is 9.97 Å². The standard InChI is InChI=1S/C22H28N4OS/c1-15-16(2)24-22(25-20(15)26-10-3-4-11-26)28-14-18-6-5-7-19(12-18)21(27)23-13-17-8-9-17/h5-7,12,17H,3-4,8-11,13-14H2,1-2H3,(H,23,27). The zero-order valence-electron chi connectivity index (χ0n) is 16.7. The first-order valence-electron chi connectivity index (χ1n) is 10.2. The van der Waals surface area contributed by atoms with Crippen LogP contribution in [-0.4, -0.2) is 35.5 Å². The lowest BCUT2D eigenvalue weighted by molar-refractivity contribution is 0.0951. The number of thioether (sulfide) groups is 1. The first-order chi connectivity index (χ1) is 13.6. The van der Waals surface area contributed by atoms with E-state index < -0.39 is 0 Å². The molecule has 1 saturated carbocycles. The highest BCUT2D eigenvalue weighted by atomic mass is 32.2. The van der Waals surface area contributed by atoms with Gasteiger partial charge in [-0.05, 0) is 63.1 Å². The highest BCUT2D eigenvalue weighted by Gasteiger charge is 2.22. The fraction of sp³-hybridized carbons (Fsp3) is 0.500. The Balaban J connectivity index is 1.42. The second-order valence-electron chi connectivity index (χ2n) is 7.88. The number of benzene rings is 1. The van der Waals surface area contributed by atoms with Gasteiger partial charge in [0.2, 0.25) is 0 Å². The second-order valence-corrected chi connectivity index (χ2v) is 8.82. The third-order valence-corrected chi connectivity index (χ3v) is 6.47. The average Bonchev–Trinajstić information content (AvgIpc) is 3.38. The van der Waals surface area contributed by atoms with E-state index in [0.29, 0.717) is 5.92 Å². The largest absolute Gasteiger partial charge is 0.356 e. The van der Waals surface area contributed by atoms with Crippen LogP contribution >= 0.6 is 11.8 Å². The van der Waals surface area contributed by atoms with Crippen LogP contribution in [0.1, 0.15) is 52.9 Å². The summed E-state index contributed by atoms with van der Waals surface area (Å²) in [5.41, 5.74) is 4.08. The molecule has 1 N–H and O–H groups in total. The molecule has 1 amide bonds. The summed E-state index contributed by atoms with van der Waals surface area (Å²) in [5, 5.41) is 3.85. The summed E-state index contributed by atoms with van der Waals surface area (Å²) in [6.45, 7) is 7.14. The van der Waals surface area contributed by atoms with Crippen LogP contribution in [0.3, 0.4) is 0 Å². The maximum Gasteiger partial charge on any atom is 0.251 e. The number of carbonyl (C=O) groups excluding carboxylic acids is 1. The molecule has 1 aromatic heterocycles. The van der Waals surface area contributed by atoms with Gasteiger partial charge in [0.05, 0.1) is 0 Å². The molecule has 5 nitrogen and oxygen atoms in total. The van der Waals surface area contributed by atoms with Crippen molar-refractivity contribution < 1.29 is 4.79 Å². The minimum atomic E-state index is 0.0255. The highest BCUT2D eigenvalue weighted by Crippen LogP contribution is 2.29. The number of nitrogens with zero attached hydrogens (tertiary/aromatic N) is 3. The third-order valence-electron chi connectivity index (χ3n) is 5.55. The van der Waals surface area contributed by atoms with Gasteiger partial charge in [-0.15, -0.1) is 0 Å². The van der Waals surface area contributed by atoms with Gasteiger partial charge in [-0.2, -0.15) is 0 Å². The zero-order chi connectivity index (χ0) is 19.5. The van der Waals surface area contributed by atoms with Gasteiger partial charge < -0.3 is 10.2 Å². The summed E-state index contributed by atoms with van der Waals surface area (Å²) in [6.07, 6.45) is 4.96. The Bertz CT molecular complexity index is 860. The number of amides is 1. The molecule has 0 radical (unpaired) electrons. The Morgan fingerprint density at radius 1 is 1.21 bits per heavy atom. The Hall–Kier alpha value is -2.08. The highest BCUT2D eigenvalue weighted by molar-refractivity contribution is 7.98. The van der Waals surface area contributed by atoms with E-state index in [1.54, 1.807) is 11.8 Å². The first kappa shape index (κ1) is 19.2. The summed E-state index contributed by atoms with van der Waals surface area (Å²) < 4.78 is 0. The Kier molecular flexibility index (Phi) is 5.85. The third kappa shape index (κ3) is 4.66. The van der Waals surface area contributed by atoms with E-state index in [1.807, 2.05) is 18.2 Å². The van der Waals surface area contributed by atoms with E-state index >= 15 is 0 Å². The van der Waals surface area contributed by atoms with Gasteiger partial charge in [0, 0.05) is 42.2 Å². The summed E-state index contributed by atoms with van der Waals surface area (Å²) in [6, 6.07) is 7.89. The lowest BCUT2D eigenvalue weighted by Gasteiger charge is -2.20. The number of nitrogens with one attached hydrogen (secondary N) is 1. The van der Waals surface area contributed by atoms with Gasteiger partial charge in [0.25, 0.3) is 5.91 Å². The number of anilines is 1. The van der Waals surface area contributed by atoms with Crippen molar-refractivity contribution in [2.45, 2.75) is 50.4 Å². The molecule has 2 aliphatic rings. The monoisotopic (exact) mass is 396 g/mol. The lowest BCUT2D eigenvalue weighted by Crippen LogP contribution is -2.25. The van der Waals surface area contributed by atoms with Crippen molar-refractivity contribution >= 4 is 23.5 Å². The quantitative estimate of drug-likeness (QED) is 0.563. The van der Waals surface area contributed by atoms with E-state index in [9.17, 15) is 4.79 Å². The number of carbonyl (C=O) groups is 1. The summed E-state index contributed by atoms with van der Waals surface area (Å²) >= 11 is 1.64. The van der Waals surface area contributed by atoms with Crippen LogP contribution < -0.4 is 10.2 Å². The van der Waals surface area contributed by atoms with E-state index in [4.69, 9.17) is 4.98 Å². The maximum absolute atomic E-state index is 12.3. The smallest absolute Gasteiger partial charge is 0.251 e. The second kappa shape index (κ2) is 8.52. The molecule has 148 valence electrons. The average molecular weight is 397 g/mol. The van der Waals surface area contributed by atoms with Crippen LogP contribution in [0.5, 0.6) is 0 Å². The molecule has 0 spiro atoms. The van der Waals surface area contributed by atoms with Crippen molar-refractivity contribution in [2.75, 3.05) is 24.5 Å². The molecule has 0 bridgehead atoms. The van der Waals surface area contributed by atoms with E-state index in [2.05, 4.69) is 35.1 Å². The van der Waals surface area contributed by atoms with Gasteiger partial charge in [-0.1, -0.05) is 23.9 Å². The summed E-state index contributed by atoms with van der Waals surface area (Å²) in [5.74, 6) is 2.55. The number of hydrogen-bond donors (Lipinski definition) is 1. The lowest BCUT2D eigenvalue weighted by atomic mass is 10.1. The van der Waals surface area contributed by atoms with Crippen LogP contribution in [0.15, 0.2) is 29.4 Å². The summed E-state index contributed by atoms with van der Waals surface area (Å²) in [4.78, 5) is 24.2. The van der Waals surface area contributed by atoms with Gasteiger partial charge >= 0.3 is 0 Å². The minimum Gasteiger partial charge on any atom is -0.356 e. The Morgan fingerprint density at radius 2 is 2.00 bits per heavy atom. The van der Waals surface area contributed by atoms with Gasteiger partial charge in [-0.3, -0.25) is 4.79 Å². The number of hydrogen-bond acceptors (Lipinski definition) is 5. The SMILES string of the molecule is Cc1nc(SCc2cccc(C(=O)NCC3CC3)c2)nc(N2CCCC2)c1C. The fourth-order valence-corrected chi connectivity index (χ4v) is 4.33. The molecule has 28 heavy (non-hydrogen) atoms. The molecule has 2 fully saturated rings. The van der Waals surface area contributed by atoms with Crippen molar-refractivity contribution in [1.29, 1.82) is 0 Å². The molecule has 1 saturated heterocycles. The molecule has 1 aliphatic carbocycles. The van der Waals surface area contributed by atoms with E-state index in [-0.39, 0.29) is 5.91 Å². The van der Waals surface area contributed by atoms with Crippen LogP contribution in [0, 0.1) is 19.8 Å². The van der Waals surface area contributed by atoms with Crippen molar-refractivity contribution in [2.24, 2.45) is 5.92 Å². The van der Waals surface area contributed by atoms with Crippen molar-refractivity contribution in [3.05, 3.63) is 46.6 Å². The molecule has 2 aromatic rings. The van der Waals surface area contributed by atoms with Crippen LogP contribution in [0.4, 0.5) is 5.82 Å². The zero-order valence-corrected chi connectivity index (χ0v) is 17.5. The Morgan fingerprint density at radius 3 is 2.75 bits per heavy atom. The maximum atomic E-state index is 12.3. The van der Waals surface area contributed by atoms with Crippen LogP contribution in [0.25, 0.3) is 0 Å². The number of rotatable bonds is 7. The molecule has 2 heterocycles. The number of aromatic nitrogens is 2. The predicted octanol–water partition coefficient (Wildman–Crippen LogP) is 4.13. The van der Waals surface area contributed by atoms with Crippen LogP contribution in [0.2, 0.25) is 0 Å². The van der Waals surface area contributed by atoms with Crippen molar-refractivity contribution in [3.8, 4) is 0 Å². The predicted molar refractivity (Wildman–Crippen MR) is 114 cm³/mol. The van der Waals surface area contributed by atoms with E-state index in [1.165, 1.54) is 31.2 Å². The molecule has 4 rings (SSSR count). The molecule has 0 atom stereocenters. The van der Waals surface area contributed by atoms with Crippen molar-refractivity contribution in [1.82, 2.24) is 15.3 Å². The first-order valence-corrected chi connectivity index (χ1v) is 11.2.